The maximum Gasteiger partial charge on any atom is 0.416 e. The van der Waals surface area contributed by atoms with Crippen LogP contribution in [0.1, 0.15) is 60.5 Å². The second-order valence-electron chi connectivity index (χ2n) is 10.4. The molecule has 1 aromatic heterocycles. The predicted octanol–water partition coefficient (Wildman–Crippen LogP) is 5.51. The van der Waals surface area contributed by atoms with E-state index in [1.54, 1.807) is 11.1 Å². The number of aromatic nitrogens is 1. The number of hydrogen-bond donors (Lipinski definition) is 0. The number of fused-ring (bicyclic) bond motifs is 1. The van der Waals surface area contributed by atoms with Gasteiger partial charge in [-0.15, -0.1) is 0 Å². The Balaban J connectivity index is 2.17. The van der Waals surface area contributed by atoms with E-state index < -0.39 is 13.9 Å². The highest BCUT2D eigenvalue weighted by Gasteiger charge is 2.44. The fraction of sp³-hybridized carbons (Fsp3) is 0.714. The number of amides is 1. The Morgan fingerprint density at radius 1 is 1.26 bits per heavy atom. The summed E-state index contributed by atoms with van der Waals surface area (Å²) in [6.07, 6.45) is 2.24. The highest BCUT2D eigenvalue weighted by atomic mass is 28.4. The maximum absolute atomic E-state index is 12.7. The van der Waals surface area contributed by atoms with Crippen molar-refractivity contribution in [3.63, 3.8) is 0 Å². The van der Waals surface area contributed by atoms with Crippen molar-refractivity contribution in [3.8, 4) is 0 Å². The summed E-state index contributed by atoms with van der Waals surface area (Å²) in [6.45, 7) is 20.4. The van der Waals surface area contributed by atoms with Crippen LogP contribution >= 0.6 is 0 Å². The van der Waals surface area contributed by atoms with Crippen molar-refractivity contribution in [2.45, 2.75) is 84.0 Å². The van der Waals surface area contributed by atoms with Crippen LogP contribution in [0, 0.1) is 0 Å². The lowest BCUT2D eigenvalue weighted by molar-refractivity contribution is 0.0576. The first-order valence-corrected chi connectivity index (χ1v) is 12.7. The summed E-state index contributed by atoms with van der Waals surface area (Å²) in [5.41, 5.74) is 0.369. The lowest BCUT2D eigenvalue weighted by Gasteiger charge is -2.37. The minimum atomic E-state index is -1.79. The molecule has 0 aliphatic carbocycles. The van der Waals surface area contributed by atoms with Gasteiger partial charge in [-0.1, -0.05) is 33.8 Å². The number of anilines is 1. The lowest BCUT2D eigenvalue weighted by Crippen LogP contribution is -2.43. The van der Waals surface area contributed by atoms with Crippen molar-refractivity contribution < 1.29 is 14.0 Å². The molecule has 0 fully saturated rings. The van der Waals surface area contributed by atoms with Gasteiger partial charge in [0.05, 0.1) is 0 Å². The fourth-order valence-corrected chi connectivity index (χ4v) is 4.07. The van der Waals surface area contributed by atoms with Crippen molar-refractivity contribution in [1.82, 2.24) is 4.98 Å². The van der Waals surface area contributed by atoms with Crippen molar-refractivity contribution in [2.24, 2.45) is 0 Å². The number of ether oxygens (including phenoxy) is 1. The van der Waals surface area contributed by atoms with Crippen LogP contribution < -0.4 is 4.90 Å². The molecule has 1 unspecified atom stereocenters. The van der Waals surface area contributed by atoms with E-state index in [2.05, 4.69) is 51.8 Å². The Kier molecular flexibility index (Phi) is 5.84. The molecule has 0 saturated heterocycles. The van der Waals surface area contributed by atoms with Gasteiger partial charge in [0.1, 0.15) is 11.4 Å². The molecule has 6 heteroatoms. The predicted molar refractivity (Wildman–Crippen MR) is 113 cm³/mol. The van der Waals surface area contributed by atoms with E-state index in [4.69, 9.17) is 9.16 Å². The first-order valence-electron chi connectivity index (χ1n) is 9.76. The first kappa shape index (κ1) is 21.9. The number of carbonyl (C=O) groups is 1. The van der Waals surface area contributed by atoms with E-state index in [-0.39, 0.29) is 16.5 Å². The third-order valence-corrected chi connectivity index (χ3v) is 10.3. The Labute approximate surface area is 165 Å². The molecule has 0 aromatic carbocycles. The van der Waals surface area contributed by atoms with Gasteiger partial charge in [0.15, 0.2) is 8.32 Å². The van der Waals surface area contributed by atoms with E-state index >= 15 is 0 Å². The number of rotatable bonds is 4. The van der Waals surface area contributed by atoms with Crippen molar-refractivity contribution >= 4 is 20.2 Å². The molecule has 1 atom stereocenters. The number of pyridine rings is 1. The topological polar surface area (TPSA) is 51.7 Å². The standard InChI is InChI=1S/C21H36N2O3Si/c1-19(2,3)26-18(24)23-15-21(7,16-11-10-13-22-17(16)23)12-14-25-27(8,9)20(4,5)6/h10-11,13H,12,14-15H2,1-9H3. The van der Waals surface area contributed by atoms with Gasteiger partial charge in [-0.3, -0.25) is 4.90 Å². The third kappa shape index (κ3) is 4.91. The van der Waals surface area contributed by atoms with E-state index in [0.717, 1.165) is 12.0 Å². The Bertz CT molecular complexity index is 691. The summed E-state index contributed by atoms with van der Waals surface area (Å²) in [4.78, 5) is 18.9. The van der Waals surface area contributed by atoms with Crippen LogP contribution in [0.5, 0.6) is 0 Å². The summed E-state index contributed by atoms with van der Waals surface area (Å²) in [6, 6.07) is 4.00. The molecule has 0 saturated carbocycles. The Morgan fingerprint density at radius 3 is 2.44 bits per heavy atom. The molecule has 0 spiro atoms. The second-order valence-corrected chi connectivity index (χ2v) is 15.2. The van der Waals surface area contributed by atoms with Gasteiger partial charge in [0.2, 0.25) is 0 Å². The lowest BCUT2D eigenvalue weighted by atomic mass is 9.82. The fourth-order valence-electron chi connectivity index (χ4n) is 3.02. The number of carbonyl (C=O) groups excluding carboxylic acids is 1. The zero-order valence-corrected chi connectivity index (χ0v) is 19.5. The van der Waals surface area contributed by atoms with Crippen molar-refractivity contribution in [3.05, 3.63) is 23.9 Å². The summed E-state index contributed by atoms with van der Waals surface area (Å²) >= 11 is 0. The van der Waals surface area contributed by atoms with Crippen LogP contribution in [0.25, 0.3) is 0 Å². The molecular weight excluding hydrogens is 356 g/mol. The molecule has 27 heavy (non-hydrogen) atoms. The number of nitrogens with zero attached hydrogens (tertiary/aromatic N) is 2. The van der Waals surface area contributed by atoms with Gasteiger partial charge in [0, 0.05) is 30.3 Å². The van der Waals surface area contributed by atoms with Gasteiger partial charge >= 0.3 is 6.09 Å². The zero-order valence-electron chi connectivity index (χ0n) is 18.5. The van der Waals surface area contributed by atoms with Crippen LogP contribution in [-0.2, 0) is 14.6 Å². The Morgan fingerprint density at radius 2 is 1.89 bits per heavy atom. The van der Waals surface area contributed by atoms with Gasteiger partial charge in [-0.25, -0.2) is 9.78 Å². The molecule has 0 radical (unpaired) electrons. The zero-order chi connectivity index (χ0) is 20.7. The van der Waals surface area contributed by atoms with Crippen molar-refractivity contribution in [1.29, 1.82) is 0 Å². The highest BCUT2D eigenvalue weighted by molar-refractivity contribution is 6.74. The van der Waals surface area contributed by atoms with Crippen LogP contribution in [0.3, 0.4) is 0 Å². The molecule has 2 rings (SSSR count). The third-order valence-electron chi connectivity index (χ3n) is 5.74. The molecular formula is C21H36N2O3Si. The van der Waals surface area contributed by atoms with E-state index in [1.807, 2.05) is 26.8 Å². The van der Waals surface area contributed by atoms with E-state index in [9.17, 15) is 4.79 Å². The van der Waals surface area contributed by atoms with Crippen molar-refractivity contribution in [2.75, 3.05) is 18.1 Å². The molecule has 1 aliphatic rings. The molecule has 1 amide bonds. The quantitative estimate of drug-likeness (QED) is 0.634. The highest BCUT2D eigenvalue weighted by Crippen LogP contribution is 2.43. The van der Waals surface area contributed by atoms with Gasteiger partial charge in [-0.2, -0.15) is 0 Å². The van der Waals surface area contributed by atoms with Gasteiger partial charge < -0.3 is 9.16 Å². The molecule has 1 aliphatic heterocycles. The van der Waals surface area contributed by atoms with Crippen LogP contribution in [0.2, 0.25) is 18.1 Å². The van der Waals surface area contributed by atoms with E-state index in [1.165, 1.54) is 0 Å². The maximum atomic E-state index is 12.7. The molecule has 0 N–H and O–H groups in total. The first-order chi connectivity index (χ1) is 12.2. The van der Waals surface area contributed by atoms with Crippen LogP contribution in [0.15, 0.2) is 18.3 Å². The smallest absolute Gasteiger partial charge is 0.416 e. The monoisotopic (exact) mass is 392 g/mol. The van der Waals surface area contributed by atoms with Crippen LogP contribution in [0.4, 0.5) is 10.6 Å². The largest absolute Gasteiger partial charge is 0.443 e. The molecule has 5 nitrogen and oxygen atoms in total. The van der Waals surface area contributed by atoms with E-state index in [0.29, 0.717) is 19.0 Å². The summed E-state index contributed by atoms with van der Waals surface area (Å²) in [5, 5.41) is 0.186. The van der Waals surface area contributed by atoms with Crippen LogP contribution in [-0.4, -0.2) is 38.1 Å². The summed E-state index contributed by atoms with van der Waals surface area (Å²) < 4.78 is 12.0. The molecule has 1 aromatic rings. The average Bonchev–Trinajstić information content (AvgIpc) is 2.78. The number of hydrogen-bond acceptors (Lipinski definition) is 4. The van der Waals surface area contributed by atoms with Gasteiger partial charge in [-0.05, 0) is 51.4 Å². The van der Waals surface area contributed by atoms with Gasteiger partial charge in [0.25, 0.3) is 0 Å². The second kappa shape index (κ2) is 7.21. The molecule has 2 heterocycles. The summed E-state index contributed by atoms with van der Waals surface area (Å²) in [5.74, 6) is 0.710. The minimum absolute atomic E-state index is 0.186. The average molecular weight is 393 g/mol. The Hall–Kier alpha value is -1.40. The molecule has 152 valence electrons. The SMILES string of the molecule is CC(C)(C)OC(=O)N1CC(C)(CCO[Si](C)(C)C(C)(C)C)c2cccnc21. The molecule has 0 bridgehead atoms. The normalized spacial score (nSPS) is 20.6. The summed E-state index contributed by atoms with van der Waals surface area (Å²) in [7, 11) is -1.79. The minimum Gasteiger partial charge on any atom is -0.443 e.